The molecule has 0 saturated heterocycles. The first-order chi connectivity index (χ1) is 8.08. The van der Waals surface area contributed by atoms with Crippen LogP contribution in [0.25, 0.3) is 0 Å². The fraction of sp³-hybridized carbons (Fsp3) is 0.462. The van der Waals surface area contributed by atoms with E-state index in [-0.39, 0.29) is 18.6 Å². The Bertz CT molecular complexity index is 415. The van der Waals surface area contributed by atoms with Crippen LogP contribution in [0.1, 0.15) is 31.4 Å². The molecule has 0 aliphatic heterocycles. The number of ketones is 1. The van der Waals surface area contributed by atoms with Crippen molar-refractivity contribution in [2.75, 3.05) is 0 Å². The molecule has 0 fully saturated rings. The molecule has 1 aromatic rings. The molecule has 0 spiro atoms. The number of alkyl halides is 3. The Balaban J connectivity index is 2.67. The molecule has 0 aliphatic carbocycles. The lowest BCUT2D eigenvalue weighted by atomic mass is 9.95. The first-order valence-electron chi connectivity index (χ1n) is 5.55. The third kappa shape index (κ3) is 4.87. The normalized spacial score (nSPS) is 12.6. The quantitative estimate of drug-likeness (QED) is 0.903. The first kappa shape index (κ1) is 14.7. The van der Waals surface area contributed by atoms with E-state index in [0.29, 0.717) is 5.56 Å². The van der Waals surface area contributed by atoms with E-state index in [1.807, 2.05) is 0 Å². The van der Waals surface area contributed by atoms with E-state index in [9.17, 15) is 18.0 Å². The summed E-state index contributed by atoms with van der Waals surface area (Å²) in [6.45, 7) is 3.47. The van der Waals surface area contributed by atoms with E-state index in [4.69, 9.17) is 5.73 Å². The van der Waals surface area contributed by atoms with E-state index in [1.165, 1.54) is 12.1 Å². The molecule has 100 valence electrons. The molecule has 18 heavy (non-hydrogen) atoms. The zero-order valence-electron chi connectivity index (χ0n) is 10.3. The molecule has 5 heteroatoms. The Labute approximate surface area is 104 Å². The average Bonchev–Trinajstić information content (AvgIpc) is 2.13. The third-order valence-corrected chi connectivity index (χ3v) is 2.34. The Morgan fingerprint density at radius 1 is 1.17 bits per heavy atom. The van der Waals surface area contributed by atoms with Crippen LogP contribution < -0.4 is 5.73 Å². The number of hydrogen-bond acceptors (Lipinski definition) is 2. The zero-order chi connectivity index (χ0) is 14.0. The van der Waals surface area contributed by atoms with Gasteiger partial charge in [0, 0.05) is 18.4 Å². The van der Waals surface area contributed by atoms with Gasteiger partial charge in [-0.1, -0.05) is 12.1 Å². The predicted molar refractivity (Wildman–Crippen MR) is 63.0 cm³/mol. The second kappa shape index (κ2) is 5.10. The van der Waals surface area contributed by atoms with Gasteiger partial charge in [0.25, 0.3) is 0 Å². The summed E-state index contributed by atoms with van der Waals surface area (Å²) in [7, 11) is 0. The SMILES string of the molecule is CC(C)(N)CC(=O)Cc1ccc(C(F)(F)F)cc1. The number of carbonyl (C=O) groups excluding carboxylic acids is 1. The molecule has 0 aliphatic rings. The van der Waals surface area contributed by atoms with Crippen LogP contribution in [-0.4, -0.2) is 11.3 Å². The van der Waals surface area contributed by atoms with Gasteiger partial charge < -0.3 is 5.73 Å². The minimum Gasteiger partial charge on any atom is -0.325 e. The predicted octanol–water partition coefficient (Wildman–Crippen LogP) is 2.94. The van der Waals surface area contributed by atoms with Crippen LogP contribution >= 0.6 is 0 Å². The second-order valence-electron chi connectivity index (χ2n) is 5.08. The highest BCUT2D eigenvalue weighted by Gasteiger charge is 2.30. The van der Waals surface area contributed by atoms with Gasteiger partial charge in [0.1, 0.15) is 5.78 Å². The van der Waals surface area contributed by atoms with E-state index in [2.05, 4.69) is 0 Å². The molecule has 1 aromatic carbocycles. The maximum atomic E-state index is 12.3. The minimum absolute atomic E-state index is 0.0812. The van der Waals surface area contributed by atoms with Gasteiger partial charge in [-0.3, -0.25) is 4.79 Å². The fourth-order valence-electron chi connectivity index (χ4n) is 1.61. The van der Waals surface area contributed by atoms with E-state index in [1.54, 1.807) is 13.8 Å². The molecule has 1 rings (SSSR count). The van der Waals surface area contributed by atoms with E-state index in [0.717, 1.165) is 12.1 Å². The molecule has 2 nitrogen and oxygen atoms in total. The average molecular weight is 259 g/mol. The van der Waals surface area contributed by atoms with Crippen molar-refractivity contribution in [2.24, 2.45) is 5.73 Å². The van der Waals surface area contributed by atoms with Gasteiger partial charge in [0.2, 0.25) is 0 Å². The van der Waals surface area contributed by atoms with E-state index < -0.39 is 17.3 Å². The summed E-state index contributed by atoms with van der Waals surface area (Å²) in [5.74, 6) is -0.0812. The first-order valence-corrected chi connectivity index (χ1v) is 5.55. The summed E-state index contributed by atoms with van der Waals surface area (Å²) < 4.78 is 37.0. The lowest BCUT2D eigenvalue weighted by Crippen LogP contribution is -2.35. The van der Waals surface area contributed by atoms with Crippen LogP contribution in [0.4, 0.5) is 13.2 Å². The highest BCUT2D eigenvalue weighted by molar-refractivity contribution is 5.81. The standard InChI is InChI=1S/C13H16F3NO/c1-12(2,17)8-11(18)7-9-3-5-10(6-4-9)13(14,15)16/h3-6H,7-8,17H2,1-2H3. The van der Waals surface area contributed by atoms with Gasteiger partial charge in [-0.05, 0) is 31.5 Å². The number of rotatable bonds is 4. The zero-order valence-corrected chi connectivity index (χ0v) is 10.3. The Kier molecular flexibility index (Phi) is 4.16. The molecular weight excluding hydrogens is 243 g/mol. The second-order valence-corrected chi connectivity index (χ2v) is 5.08. The summed E-state index contributed by atoms with van der Waals surface area (Å²) in [5.41, 5.74) is 4.96. The third-order valence-electron chi connectivity index (χ3n) is 2.34. The molecule has 2 N–H and O–H groups in total. The lowest BCUT2D eigenvalue weighted by Gasteiger charge is -2.17. The number of benzene rings is 1. The van der Waals surface area contributed by atoms with Crippen molar-refractivity contribution in [1.82, 2.24) is 0 Å². The maximum absolute atomic E-state index is 12.3. The number of halogens is 3. The van der Waals surface area contributed by atoms with Crippen LogP contribution in [0.3, 0.4) is 0 Å². The molecule has 0 heterocycles. The van der Waals surface area contributed by atoms with Crippen LogP contribution in [0.5, 0.6) is 0 Å². The number of hydrogen-bond donors (Lipinski definition) is 1. The number of Topliss-reactive ketones (excluding diaryl/α,β-unsaturated/α-hetero) is 1. The highest BCUT2D eigenvalue weighted by atomic mass is 19.4. The largest absolute Gasteiger partial charge is 0.416 e. The van der Waals surface area contributed by atoms with Crippen LogP contribution in [0, 0.1) is 0 Å². The van der Waals surface area contributed by atoms with Gasteiger partial charge in [0.15, 0.2) is 0 Å². The van der Waals surface area contributed by atoms with Crippen LogP contribution in [-0.2, 0) is 17.4 Å². The Morgan fingerprint density at radius 2 is 1.67 bits per heavy atom. The Morgan fingerprint density at radius 3 is 2.06 bits per heavy atom. The summed E-state index contributed by atoms with van der Waals surface area (Å²) in [4.78, 5) is 11.6. The number of carbonyl (C=O) groups is 1. The minimum atomic E-state index is -4.35. The van der Waals surface area contributed by atoms with Crippen molar-refractivity contribution in [3.8, 4) is 0 Å². The van der Waals surface area contributed by atoms with Crippen LogP contribution in [0.15, 0.2) is 24.3 Å². The fourth-order valence-corrected chi connectivity index (χ4v) is 1.61. The van der Waals surface area contributed by atoms with Crippen molar-refractivity contribution in [1.29, 1.82) is 0 Å². The molecule has 0 saturated carbocycles. The molecular formula is C13H16F3NO. The molecule has 0 unspecified atom stereocenters. The maximum Gasteiger partial charge on any atom is 0.416 e. The summed E-state index contributed by atoms with van der Waals surface area (Å²) in [5, 5.41) is 0. The number of nitrogens with two attached hydrogens (primary N) is 1. The molecule has 0 amide bonds. The molecule has 0 radical (unpaired) electrons. The topological polar surface area (TPSA) is 43.1 Å². The highest BCUT2D eigenvalue weighted by Crippen LogP contribution is 2.29. The van der Waals surface area contributed by atoms with Gasteiger partial charge in [-0.2, -0.15) is 13.2 Å². The molecule has 0 atom stereocenters. The summed E-state index contributed by atoms with van der Waals surface area (Å²) in [6.07, 6.45) is -4.03. The summed E-state index contributed by atoms with van der Waals surface area (Å²) >= 11 is 0. The van der Waals surface area contributed by atoms with Crippen molar-refractivity contribution in [2.45, 2.75) is 38.4 Å². The lowest BCUT2D eigenvalue weighted by molar-refractivity contribution is -0.137. The van der Waals surface area contributed by atoms with Crippen molar-refractivity contribution < 1.29 is 18.0 Å². The smallest absolute Gasteiger partial charge is 0.325 e. The Hall–Kier alpha value is -1.36. The van der Waals surface area contributed by atoms with E-state index >= 15 is 0 Å². The van der Waals surface area contributed by atoms with Crippen molar-refractivity contribution in [3.63, 3.8) is 0 Å². The van der Waals surface area contributed by atoms with Crippen molar-refractivity contribution in [3.05, 3.63) is 35.4 Å². The summed E-state index contributed by atoms with van der Waals surface area (Å²) in [6, 6.07) is 4.61. The molecule has 0 bridgehead atoms. The van der Waals surface area contributed by atoms with Gasteiger partial charge in [0.05, 0.1) is 5.56 Å². The molecule has 0 aromatic heterocycles. The van der Waals surface area contributed by atoms with Gasteiger partial charge in [-0.25, -0.2) is 0 Å². The van der Waals surface area contributed by atoms with Crippen molar-refractivity contribution >= 4 is 5.78 Å². The van der Waals surface area contributed by atoms with Crippen LogP contribution in [0.2, 0.25) is 0 Å². The van der Waals surface area contributed by atoms with Gasteiger partial charge in [-0.15, -0.1) is 0 Å². The van der Waals surface area contributed by atoms with Gasteiger partial charge >= 0.3 is 6.18 Å². The monoisotopic (exact) mass is 259 g/mol.